The van der Waals surface area contributed by atoms with Crippen molar-refractivity contribution in [2.24, 2.45) is 0 Å². The monoisotopic (exact) mass is 209 g/mol. The summed E-state index contributed by atoms with van der Waals surface area (Å²) < 4.78 is 0. The van der Waals surface area contributed by atoms with Gasteiger partial charge in [-0.1, -0.05) is 54.6 Å². The summed E-state index contributed by atoms with van der Waals surface area (Å²) in [5.41, 5.74) is 2.45. The predicted octanol–water partition coefficient (Wildman–Crippen LogP) is 4.16. The van der Waals surface area contributed by atoms with E-state index in [0.29, 0.717) is 0 Å². The highest BCUT2D eigenvalue weighted by Crippen LogP contribution is 2.12. The Morgan fingerprint density at radius 2 is 1.31 bits per heavy atom. The number of para-hydroxylation sites is 1. The number of hydrogen-bond acceptors (Lipinski definition) is 0. The van der Waals surface area contributed by atoms with Gasteiger partial charge >= 0.3 is 0 Å². The van der Waals surface area contributed by atoms with Crippen LogP contribution in [0, 0.1) is 6.92 Å². The van der Waals surface area contributed by atoms with Crippen molar-refractivity contribution >= 4 is 10.9 Å². The van der Waals surface area contributed by atoms with E-state index in [1.54, 1.807) is 0 Å². The molecule has 80 valence electrons. The van der Waals surface area contributed by atoms with Gasteiger partial charge < -0.3 is 4.98 Å². The van der Waals surface area contributed by atoms with Gasteiger partial charge in [-0.25, -0.2) is 0 Å². The van der Waals surface area contributed by atoms with Crippen LogP contribution in [0.5, 0.6) is 0 Å². The normalized spacial score (nSPS) is 9.56. The van der Waals surface area contributed by atoms with E-state index in [1.165, 1.54) is 16.6 Å². The van der Waals surface area contributed by atoms with Gasteiger partial charge in [0.1, 0.15) is 0 Å². The quantitative estimate of drug-likeness (QED) is 0.572. The molecule has 0 saturated carbocycles. The van der Waals surface area contributed by atoms with Crippen LogP contribution in [0.15, 0.2) is 66.7 Å². The molecule has 3 rings (SSSR count). The van der Waals surface area contributed by atoms with Gasteiger partial charge in [0.2, 0.25) is 0 Å². The Morgan fingerprint density at radius 3 is 1.88 bits per heavy atom. The van der Waals surface area contributed by atoms with Crippen LogP contribution in [-0.4, -0.2) is 4.98 Å². The Hall–Kier alpha value is -2.02. The molecule has 0 saturated heterocycles. The first kappa shape index (κ1) is 10.5. The standard InChI is InChI=1S/C9H9N.C6H6/c1-7-6-8-4-2-3-5-9(8)10-7;1-2-4-6-5-3-1/h2-6,10H,1H3;1-6H. The summed E-state index contributed by atoms with van der Waals surface area (Å²) in [4.78, 5) is 3.26. The summed E-state index contributed by atoms with van der Waals surface area (Å²) in [6, 6.07) is 22.4. The minimum absolute atomic E-state index is 1.22. The minimum atomic E-state index is 1.22. The maximum absolute atomic E-state index is 3.26. The van der Waals surface area contributed by atoms with E-state index in [2.05, 4.69) is 36.2 Å². The van der Waals surface area contributed by atoms with Crippen LogP contribution in [-0.2, 0) is 0 Å². The average molecular weight is 209 g/mol. The second kappa shape index (κ2) is 5.17. The molecule has 0 unspecified atom stereocenters. The van der Waals surface area contributed by atoms with Crippen LogP contribution >= 0.6 is 0 Å². The topological polar surface area (TPSA) is 15.8 Å². The third kappa shape index (κ3) is 2.74. The number of aryl methyl sites for hydroxylation is 1. The van der Waals surface area contributed by atoms with Crippen molar-refractivity contribution in [1.82, 2.24) is 4.98 Å². The number of aromatic amines is 1. The smallest absolute Gasteiger partial charge is 0.0455 e. The van der Waals surface area contributed by atoms with Gasteiger partial charge in [0.25, 0.3) is 0 Å². The first-order valence-electron chi connectivity index (χ1n) is 5.40. The molecule has 0 fully saturated rings. The Bertz CT molecular complexity index is 478. The van der Waals surface area contributed by atoms with Crippen LogP contribution in [0.1, 0.15) is 5.69 Å². The van der Waals surface area contributed by atoms with Crippen molar-refractivity contribution in [3.63, 3.8) is 0 Å². The highest BCUT2D eigenvalue weighted by molar-refractivity contribution is 5.79. The van der Waals surface area contributed by atoms with Gasteiger partial charge in [0.05, 0.1) is 0 Å². The number of fused-ring (bicyclic) bond motifs is 1. The van der Waals surface area contributed by atoms with Gasteiger partial charge in [-0.15, -0.1) is 0 Å². The number of hydrogen-bond donors (Lipinski definition) is 1. The van der Waals surface area contributed by atoms with Crippen LogP contribution in [0.4, 0.5) is 0 Å². The lowest BCUT2D eigenvalue weighted by molar-refractivity contribution is 1.30. The molecule has 0 spiro atoms. The number of rotatable bonds is 0. The van der Waals surface area contributed by atoms with Crippen LogP contribution in [0.25, 0.3) is 10.9 Å². The highest BCUT2D eigenvalue weighted by atomic mass is 14.7. The molecule has 1 aromatic heterocycles. The largest absolute Gasteiger partial charge is 0.359 e. The minimum Gasteiger partial charge on any atom is -0.359 e. The van der Waals surface area contributed by atoms with Crippen molar-refractivity contribution in [2.75, 3.05) is 0 Å². The fourth-order valence-electron chi connectivity index (χ4n) is 1.60. The van der Waals surface area contributed by atoms with E-state index in [-0.39, 0.29) is 0 Å². The molecule has 0 aliphatic rings. The number of nitrogens with one attached hydrogen (secondary N) is 1. The molecule has 1 nitrogen and oxygen atoms in total. The molecule has 1 heteroatoms. The van der Waals surface area contributed by atoms with E-state index in [1.807, 2.05) is 42.5 Å². The average Bonchev–Trinajstić information content (AvgIpc) is 2.72. The lowest BCUT2D eigenvalue weighted by atomic mass is 10.2. The number of H-pyrrole nitrogens is 1. The summed E-state index contributed by atoms with van der Waals surface area (Å²) in [5, 5.41) is 1.29. The Labute approximate surface area is 95.8 Å². The second-order valence-electron chi connectivity index (χ2n) is 3.69. The molecular weight excluding hydrogens is 194 g/mol. The molecule has 0 atom stereocenters. The molecule has 2 aromatic carbocycles. The van der Waals surface area contributed by atoms with Gasteiger partial charge in [-0.05, 0) is 24.4 Å². The Kier molecular flexibility index (Phi) is 3.39. The Balaban J connectivity index is 0.000000138. The lowest BCUT2D eigenvalue weighted by Gasteiger charge is -1.83. The fourth-order valence-corrected chi connectivity index (χ4v) is 1.60. The zero-order valence-corrected chi connectivity index (χ0v) is 9.35. The van der Waals surface area contributed by atoms with E-state index in [9.17, 15) is 0 Å². The second-order valence-corrected chi connectivity index (χ2v) is 3.69. The van der Waals surface area contributed by atoms with Crippen molar-refractivity contribution in [2.45, 2.75) is 6.92 Å². The fraction of sp³-hybridized carbons (Fsp3) is 0.0667. The van der Waals surface area contributed by atoms with E-state index >= 15 is 0 Å². The van der Waals surface area contributed by atoms with Crippen molar-refractivity contribution in [3.8, 4) is 0 Å². The Morgan fingerprint density at radius 1 is 0.750 bits per heavy atom. The molecule has 0 radical (unpaired) electrons. The predicted molar refractivity (Wildman–Crippen MR) is 69.5 cm³/mol. The first-order valence-corrected chi connectivity index (χ1v) is 5.40. The summed E-state index contributed by atoms with van der Waals surface area (Å²) >= 11 is 0. The van der Waals surface area contributed by atoms with Crippen molar-refractivity contribution < 1.29 is 0 Å². The molecule has 0 amide bonds. The summed E-state index contributed by atoms with van der Waals surface area (Å²) in [6.45, 7) is 2.07. The van der Waals surface area contributed by atoms with Gasteiger partial charge in [0.15, 0.2) is 0 Å². The maximum atomic E-state index is 3.26. The maximum Gasteiger partial charge on any atom is 0.0455 e. The third-order valence-electron chi connectivity index (χ3n) is 2.33. The molecule has 0 aliphatic heterocycles. The van der Waals surface area contributed by atoms with Crippen LogP contribution in [0.3, 0.4) is 0 Å². The van der Waals surface area contributed by atoms with Gasteiger partial charge in [0, 0.05) is 11.2 Å². The van der Waals surface area contributed by atoms with E-state index in [0.717, 1.165) is 0 Å². The molecule has 3 aromatic rings. The summed E-state index contributed by atoms with van der Waals surface area (Å²) in [6.07, 6.45) is 0. The molecule has 0 bridgehead atoms. The van der Waals surface area contributed by atoms with Crippen molar-refractivity contribution in [3.05, 3.63) is 72.4 Å². The van der Waals surface area contributed by atoms with Crippen LogP contribution < -0.4 is 0 Å². The molecule has 0 aliphatic carbocycles. The van der Waals surface area contributed by atoms with E-state index < -0.39 is 0 Å². The van der Waals surface area contributed by atoms with Gasteiger partial charge in [-0.2, -0.15) is 0 Å². The SMILES string of the molecule is Cc1cc2ccccc2[nH]1.c1ccccc1. The van der Waals surface area contributed by atoms with Gasteiger partial charge in [-0.3, -0.25) is 0 Å². The zero-order chi connectivity index (χ0) is 11.2. The zero-order valence-electron chi connectivity index (χ0n) is 9.35. The number of aromatic nitrogens is 1. The first-order chi connectivity index (χ1) is 7.86. The molecular formula is C15H15N. The third-order valence-corrected chi connectivity index (χ3v) is 2.33. The lowest BCUT2D eigenvalue weighted by Crippen LogP contribution is -1.65. The van der Waals surface area contributed by atoms with Crippen molar-refractivity contribution in [1.29, 1.82) is 0 Å². The summed E-state index contributed by atoms with van der Waals surface area (Å²) in [7, 11) is 0. The van der Waals surface area contributed by atoms with Crippen LogP contribution in [0.2, 0.25) is 0 Å². The highest BCUT2D eigenvalue weighted by Gasteiger charge is 1.92. The molecule has 1 heterocycles. The molecule has 16 heavy (non-hydrogen) atoms. The van der Waals surface area contributed by atoms with E-state index in [4.69, 9.17) is 0 Å². The molecule has 1 N–H and O–H groups in total. The summed E-state index contributed by atoms with van der Waals surface area (Å²) in [5.74, 6) is 0. The number of benzene rings is 2.